The van der Waals surface area contributed by atoms with E-state index in [-0.39, 0.29) is 29.6 Å². The van der Waals surface area contributed by atoms with Gasteiger partial charge in [0.25, 0.3) is 0 Å². The highest BCUT2D eigenvalue weighted by Gasteiger charge is 2.57. The Kier molecular flexibility index (Phi) is 4.99. The maximum absolute atomic E-state index is 14.6. The van der Waals surface area contributed by atoms with Crippen LogP contribution in [0.3, 0.4) is 0 Å². The number of aromatic nitrogens is 3. The van der Waals surface area contributed by atoms with E-state index in [0.717, 1.165) is 55.9 Å². The minimum absolute atomic E-state index is 0.0483. The molecule has 1 saturated carbocycles. The van der Waals surface area contributed by atoms with Crippen molar-refractivity contribution < 1.29 is 31.4 Å². The number of fused-ring (bicyclic) bond motifs is 4. The summed E-state index contributed by atoms with van der Waals surface area (Å²) in [7, 11) is 0. The molecule has 0 radical (unpaired) electrons. The lowest BCUT2D eigenvalue weighted by molar-refractivity contribution is -0.141. The van der Waals surface area contributed by atoms with Crippen molar-refractivity contribution in [3.8, 4) is 17.4 Å². The molecule has 12 heteroatoms. The number of ether oxygens (including phenoxy) is 2. The first-order valence-corrected chi connectivity index (χ1v) is 11.4. The quantitative estimate of drug-likeness (QED) is 0.463. The zero-order valence-electron chi connectivity index (χ0n) is 18.7. The average molecular weight is 506 g/mol. The number of hydrogen-bond acceptors (Lipinski definition) is 6. The Bertz CT molecular complexity index is 1400. The van der Waals surface area contributed by atoms with E-state index in [4.69, 9.17) is 9.47 Å². The van der Waals surface area contributed by atoms with E-state index in [9.17, 15) is 26.7 Å². The topological polar surface area (TPSA) is 69.5 Å². The smallest absolute Gasteiger partial charge is 0.433 e. The molecular formula is C24H19F5N4O3. The number of hydrogen-bond donors (Lipinski definition) is 0. The van der Waals surface area contributed by atoms with Crippen LogP contribution in [-0.2, 0) is 19.3 Å². The number of pyridine rings is 1. The molecule has 2 aromatic heterocycles. The highest BCUT2D eigenvalue weighted by Crippen LogP contribution is 2.55. The molecule has 3 aromatic rings. The second kappa shape index (κ2) is 7.90. The molecule has 1 unspecified atom stereocenters. The number of nitrogens with zero attached hydrogens (tertiary/aromatic N) is 4. The minimum Gasteiger partial charge on any atom is -0.473 e. The first-order valence-electron chi connectivity index (χ1n) is 11.4. The van der Waals surface area contributed by atoms with E-state index in [1.54, 1.807) is 10.6 Å². The van der Waals surface area contributed by atoms with Crippen molar-refractivity contribution in [3.05, 3.63) is 69.9 Å². The summed E-state index contributed by atoms with van der Waals surface area (Å²) in [6, 6.07) is 5.43. The molecule has 2 fully saturated rings. The third kappa shape index (κ3) is 3.84. The molecule has 7 nitrogen and oxygen atoms in total. The average Bonchev–Trinajstić information content (AvgIpc) is 3.37. The van der Waals surface area contributed by atoms with Gasteiger partial charge >= 0.3 is 11.9 Å². The summed E-state index contributed by atoms with van der Waals surface area (Å²) < 4.78 is 80.0. The largest absolute Gasteiger partial charge is 0.473 e. The fourth-order valence-electron chi connectivity index (χ4n) is 5.14. The van der Waals surface area contributed by atoms with Crippen LogP contribution in [0.25, 0.3) is 0 Å². The van der Waals surface area contributed by atoms with Crippen molar-refractivity contribution in [2.45, 2.75) is 56.6 Å². The summed E-state index contributed by atoms with van der Waals surface area (Å²) in [5.74, 6) is -2.74. The van der Waals surface area contributed by atoms with Crippen molar-refractivity contribution in [2.75, 3.05) is 4.90 Å². The normalized spacial score (nSPS) is 19.4. The molecule has 1 atom stereocenters. The van der Waals surface area contributed by atoms with Crippen LogP contribution in [-0.4, -0.2) is 26.1 Å². The van der Waals surface area contributed by atoms with Crippen molar-refractivity contribution in [1.29, 1.82) is 0 Å². The Morgan fingerprint density at radius 1 is 1.08 bits per heavy atom. The Morgan fingerprint density at radius 3 is 2.53 bits per heavy atom. The van der Waals surface area contributed by atoms with E-state index in [1.165, 1.54) is 0 Å². The fourth-order valence-corrected chi connectivity index (χ4v) is 5.14. The molecule has 0 bridgehead atoms. The van der Waals surface area contributed by atoms with Gasteiger partial charge in [-0.05, 0) is 49.4 Å². The molecule has 6 rings (SSSR count). The maximum atomic E-state index is 14.6. The highest BCUT2D eigenvalue weighted by atomic mass is 19.4. The zero-order chi connectivity index (χ0) is 25.2. The Balaban J connectivity index is 1.19. The molecule has 0 amide bonds. The Morgan fingerprint density at radius 2 is 1.83 bits per heavy atom. The lowest BCUT2D eigenvalue weighted by atomic mass is 10.2. The first-order chi connectivity index (χ1) is 17.1. The lowest BCUT2D eigenvalue weighted by Crippen LogP contribution is -2.34. The second-order valence-electron chi connectivity index (χ2n) is 9.29. The summed E-state index contributed by atoms with van der Waals surface area (Å²) in [4.78, 5) is 22.0. The molecule has 1 aliphatic carbocycles. The molecule has 1 spiro atoms. The van der Waals surface area contributed by atoms with Gasteiger partial charge < -0.3 is 14.4 Å². The molecule has 0 N–H and O–H groups in total. The van der Waals surface area contributed by atoms with Crippen LogP contribution in [0, 0.1) is 11.6 Å². The predicted octanol–water partition coefficient (Wildman–Crippen LogP) is 4.82. The minimum atomic E-state index is -4.74. The molecule has 3 aliphatic rings. The summed E-state index contributed by atoms with van der Waals surface area (Å²) in [6.45, 7) is 0.301. The second-order valence-corrected chi connectivity index (χ2v) is 9.29. The van der Waals surface area contributed by atoms with Gasteiger partial charge in [-0.3, -0.25) is 9.55 Å². The highest BCUT2D eigenvalue weighted by molar-refractivity contribution is 5.54. The molecule has 1 saturated heterocycles. The summed E-state index contributed by atoms with van der Waals surface area (Å²) in [5.41, 5.74) is -1.49. The lowest BCUT2D eigenvalue weighted by Gasteiger charge is -2.26. The van der Waals surface area contributed by atoms with Crippen LogP contribution in [0.1, 0.15) is 36.9 Å². The molecular weight excluding hydrogens is 487 g/mol. The maximum Gasteiger partial charge on any atom is 0.433 e. The number of rotatable bonds is 5. The van der Waals surface area contributed by atoms with Crippen LogP contribution >= 0.6 is 0 Å². The van der Waals surface area contributed by atoms with Gasteiger partial charge in [0.2, 0.25) is 5.88 Å². The third-order valence-electron chi connectivity index (χ3n) is 6.94. The third-order valence-corrected chi connectivity index (χ3v) is 6.94. The zero-order valence-corrected chi connectivity index (χ0v) is 18.7. The van der Waals surface area contributed by atoms with Crippen molar-refractivity contribution >= 4 is 5.82 Å². The summed E-state index contributed by atoms with van der Waals surface area (Å²) in [5, 5.41) is 0. The van der Waals surface area contributed by atoms with E-state index in [0.29, 0.717) is 12.6 Å². The van der Waals surface area contributed by atoms with E-state index in [1.807, 2.05) is 0 Å². The van der Waals surface area contributed by atoms with E-state index in [2.05, 4.69) is 14.9 Å². The van der Waals surface area contributed by atoms with Crippen LogP contribution in [0.5, 0.6) is 17.4 Å². The molecule has 36 heavy (non-hydrogen) atoms. The SMILES string of the molecule is O=c1nc(OCc2cc(F)c(Oc3ccnc(C(F)(F)F)c3)c(F)c2)cc2n1CC1CCC3(CC3)N21. The van der Waals surface area contributed by atoms with Gasteiger partial charge in [-0.15, -0.1) is 0 Å². The van der Waals surface area contributed by atoms with Gasteiger partial charge in [-0.2, -0.15) is 18.2 Å². The predicted molar refractivity (Wildman–Crippen MR) is 116 cm³/mol. The number of halogens is 5. The van der Waals surface area contributed by atoms with Crippen molar-refractivity contribution in [3.63, 3.8) is 0 Å². The van der Waals surface area contributed by atoms with E-state index < -0.39 is 40.7 Å². The van der Waals surface area contributed by atoms with Gasteiger partial charge in [-0.1, -0.05) is 0 Å². The molecule has 4 heterocycles. The van der Waals surface area contributed by atoms with Gasteiger partial charge in [-0.25, -0.2) is 13.6 Å². The van der Waals surface area contributed by atoms with Gasteiger partial charge in [0.15, 0.2) is 17.4 Å². The fraction of sp³-hybridized carbons (Fsp3) is 0.375. The monoisotopic (exact) mass is 506 g/mol. The Hall–Kier alpha value is -3.70. The van der Waals surface area contributed by atoms with Crippen LogP contribution in [0.15, 0.2) is 41.3 Å². The van der Waals surface area contributed by atoms with Gasteiger partial charge in [0.05, 0.1) is 0 Å². The van der Waals surface area contributed by atoms with Crippen LogP contribution < -0.4 is 20.1 Å². The molecule has 188 valence electrons. The first kappa shape index (κ1) is 22.7. The van der Waals surface area contributed by atoms with Crippen LogP contribution in [0.4, 0.5) is 27.8 Å². The number of anilines is 1. The number of benzene rings is 1. The standard InChI is InChI=1S/C24H19F5N4O3/c25-16-7-13(8-17(26)21(16)36-15-2-6-30-18(9-15)24(27,28)29)12-35-19-10-20-32(22(34)31-19)11-14-1-3-23(4-5-23)33(14)20/h2,6-10,14H,1,3-5,11-12H2. The van der Waals surface area contributed by atoms with Gasteiger partial charge in [0.1, 0.15) is 23.9 Å². The number of alkyl halides is 3. The van der Waals surface area contributed by atoms with Crippen molar-refractivity contribution in [2.24, 2.45) is 0 Å². The summed E-state index contributed by atoms with van der Waals surface area (Å²) >= 11 is 0. The van der Waals surface area contributed by atoms with Crippen LogP contribution in [0.2, 0.25) is 0 Å². The van der Waals surface area contributed by atoms with E-state index >= 15 is 0 Å². The van der Waals surface area contributed by atoms with Crippen molar-refractivity contribution in [1.82, 2.24) is 14.5 Å². The Labute approximate surface area is 201 Å². The van der Waals surface area contributed by atoms with Gasteiger partial charge in [0, 0.05) is 36.5 Å². The molecule has 1 aromatic carbocycles. The molecule has 2 aliphatic heterocycles. The summed E-state index contributed by atoms with van der Waals surface area (Å²) in [6.07, 6.45) is 0.369.